The smallest absolute Gasteiger partial charge is 0.242 e. The summed E-state index contributed by atoms with van der Waals surface area (Å²) in [6.07, 6.45) is 4.08. The summed E-state index contributed by atoms with van der Waals surface area (Å²) in [7, 11) is 1.65. The standard InChI is InChI=1S/C26H30N2O4/c1-32-21-12-10-18(11-13-21)17-6-8-19(9-7-17)25-22-14-27(26(31)20-4-2-3-5-20)15-24(30)28(22)23(25)16-29/h6-13,20,22-23,25,29H,2-5,14-16H2,1H3/t22-,23+,25-/m1/s1. The second-order valence-corrected chi connectivity index (χ2v) is 9.19. The Hall–Kier alpha value is -2.86. The molecule has 1 saturated carbocycles. The minimum absolute atomic E-state index is 0.0352. The topological polar surface area (TPSA) is 70.1 Å². The zero-order chi connectivity index (χ0) is 22.2. The molecule has 0 spiro atoms. The third kappa shape index (κ3) is 3.56. The molecule has 2 aromatic carbocycles. The highest BCUT2D eigenvalue weighted by Crippen LogP contribution is 2.43. The number of hydrogen-bond acceptors (Lipinski definition) is 4. The van der Waals surface area contributed by atoms with Crippen molar-refractivity contribution in [1.82, 2.24) is 9.80 Å². The van der Waals surface area contributed by atoms with E-state index in [2.05, 4.69) is 24.3 Å². The predicted octanol–water partition coefficient (Wildman–Crippen LogP) is 3.05. The third-order valence-electron chi connectivity index (χ3n) is 7.49. The first kappa shape index (κ1) is 21.0. The summed E-state index contributed by atoms with van der Waals surface area (Å²) >= 11 is 0. The highest BCUT2D eigenvalue weighted by Gasteiger charge is 2.54. The van der Waals surface area contributed by atoms with Crippen molar-refractivity contribution in [2.45, 2.75) is 43.7 Å². The Morgan fingerprint density at radius 1 is 1.03 bits per heavy atom. The number of ether oxygens (including phenoxy) is 1. The van der Waals surface area contributed by atoms with Crippen LogP contribution < -0.4 is 4.74 Å². The summed E-state index contributed by atoms with van der Waals surface area (Å²) in [4.78, 5) is 29.4. The van der Waals surface area contributed by atoms with Gasteiger partial charge in [0.25, 0.3) is 0 Å². The van der Waals surface area contributed by atoms with E-state index in [1.165, 1.54) is 0 Å². The molecule has 2 heterocycles. The van der Waals surface area contributed by atoms with Crippen LogP contribution in [-0.2, 0) is 9.59 Å². The van der Waals surface area contributed by atoms with Gasteiger partial charge in [0.1, 0.15) is 5.75 Å². The number of carbonyl (C=O) groups excluding carboxylic acids is 2. The summed E-state index contributed by atoms with van der Waals surface area (Å²) in [5.41, 5.74) is 3.31. The van der Waals surface area contributed by atoms with Gasteiger partial charge in [-0.1, -0.05) is 49.2 Å². The zero-order valence-electron chi connectivity index (χ0n) is 18.4. The minimum Gasteiger partial charge on any atom is -0.497 e. The quantitative estimate of drug-likeness (QED) is 0.785. The fraction of sp³-hybridized carbons (Fsp3) is 0.462. The van der Waals surface area contributed by atoms with Gasteiger partial charge in [-0.15, -0.1) is 0 Å². The van der Waals surface area contributed by atoms with E-state index in [9.17, 15) is 14.7 Å². The zero-order valence-corrected chi connectivity index (χ0v) is 18.4. The van der Waals surface area contributed by atoms with E-state index >= 15 is 0 Å². The molecule has 0 unspecified atom stereocenters. The Kier molecular flexibility index (Phi) is 5.64. The average Bonchev–Trinajstić information content (AvgIpc) is 3.35. The number of carbonyl (C=O) groups is 2. The number of fused-ring (bicyclic) bond motifs is 1. The van der Waals surface area contributed by atoms with E-state index in [4.69, 9.17) is 4.74 Å². The number of hydrogen-bond donors (Lipinski definition) is 1. The van der Waals surface area contributed by atoms with Crippen molar-refractivity contribution in [2.24, 2.45) is 5.92 Å². The van der Waals surface area contributed by atoms with E-state index in [-0.39, 0.29) is 48.9 Å². The number of nitrogens with zero attached hydrogens (tertiary/aromatic N) is 2. The lowest BCUT2D eigenvalue weighted by Crippen LogP contribution is -2.73. The molecule has 0 aromatic heterocycles. The van der Waals surface area contributed by atoms with Crippen LogP contribution in [0.5, 0.6) is 5.75 Å². The van der Waals surface area contributed by atoms with E-state index in [0.29, 0.717) is 6.54 Å². The van der Waals surface area contributed by atoms with Gasteiger partial charge in [-0.3, -0.25) is 9.59 Å². The molecule has 3 aliphatic rings. The molecule has 3 fully saturated rings. The molecule has 2 saturated heterocycles. The molecule has 6 nitrogen and oxygen atoms in total. The van der Waals surface area contributed by atoms with Crippen molar-refractivity contribution in [1.29, 1.82) is 0 Å². The van der Waals surface area contributed by atoms with Crippen LogP contribution in [0, 0.1) is 5.92 Å². The fourth-order valence-corrected chi connectivity index (χ4v) is 5.78. The van der Waals surface area contributed by atoms with Gasteiger partial charge in [-0.25, -0.2) is 0 Å². The van der Waals surface area contributed by atoms with E-state index in [0.717, 1.165) is 48.1 Å². The van der Waals surface area contributed by atoms with Crippen LogP contribution >= 0.6 is 0 Å². The Balaban J connectivity index is 1.35. The number of aliphatic hydroxyl groups is 1. The first-order valence-electron chi connectivity index (χ1n) is 11.6. The molecule has 0 bridgehead atoms. The minimum atomic E-state index is -0.219. The molecule has 2 aromatic rings. The monoisotopic (exact) mass is 434 g/mol. The molecule has 6 heteroatoms. The third-order valence-corrected chi connectivity index (χ3v) is 7.49. The van der Waals surface area contributed by atoms with Gasteiger partial charge < -0.3 is 19.6 Å². The normalized spacial score (nSPS) is 25.4. The lowest BCUT2D eigenvalue weighted by Gasteiger charge is -2.59. The van der Waals surface area contributed by atoms with Crippen LogP contribution in [0.4, 0.5) is 0 Å². The number of amides is 2. The van der Waals surface area contributed by atoms with Gasteiger partial charge >= 0.3 is 0 Å². The number of methoxy groups -OCH3 is 1. The maximum absolute atomic E-state index is 13.0. The largest absolute Gasteiger partial charge is 0.497 e. The van der Waals surface area contributed by atoms with Crippen molar-refractivity contribution in [3.05, 3.63) is 54.1 Å². The second-order valence-electron chi connectivity index (χ2n) is 9.19. The Bertz CT molecular complexity index is 982. The second kappa shape index (κ2) is 8.58. The molecular weight excluding hydrogens is 404 g/mol. The lowest BCUT2D eigenvalue weighted by molar-refractivity contribution is -0.168. The summed E-state index contributed by atoms with van der Waals surface area (Å²) < 4.78 is 5.24. The van der Waals surface area contributed by atoms with Crippen LogP contribution in [0.25, 0.3) is 11.1 Å². The summed E-state index contributed by atoms with van der Waals surface area (Å²) in [6, 6.07) is 16.0. The molecule has 5 rings (SSSR count). The molecule has 3 atom stereocenters. The maximum atomic E-state index is 13.0. The molecule has 2 aliphatic heterocycles. The SMILES string of the molecule is COc1ccc(-c2ccc([C@@H]3[C@H]4CN(C(=O)C5CCCC5)CC(=O)N4[C@H]3CO)cc2)cc1. The van der Waals surface area contributed by atoms with E-state index in [1.807, 2.05) is 24.3 Å². The van der Waals surface area contributed by atoms with Crippen molar-refractivity contribution in [3.8, 4) is 16.9 Å². The molecular formula is C26H30N2O4. The van der Waals surface area contributed by atoms with Crippen LogP contribution in [0.1, 0.15) is 37.2 Å². The predicted molar refractivity (Wildman–Crippen MR) is 121 cm³/mol. The summed E-state index contributed by atoms with van der Waals surface area (Å²) in [5.74, 6) is 1.03. The highest BCUT2D eigenvalue weighted by atomic mass is 16.5. The number of piperazine rings is 1. The van der Waals surface area contributed by atoms with Gasteiger partial charge in [-0.2, -0.15) is 0 Å². The number of rotatable bonds is 5. The Morgan fingerprint density at radius 3 is 2.25 bits per heavy atom. The first-order valence-corrected chi connectivity index (χ1v) is 11.6. The van der Waals surface area contributed by atoms with Crippen LogP contribution in [0.2, 0.25) is 0 Å². The average molecular weight is 435 g/mol. The van der Waals surface area contributed by atoms with Crippen LogP contribution in [0.15, 0.2) is 48.5 Å². The summed E-state index contributed by atoms with van der Waals surface area (Å²) in [5, 5.41) is 10.0. The van der Waals surface area contributed by atoms with Crippen molar-refractivity contribution in [3.63, 3.8) is 0 Å². The Morgan fingerprint density at radius 2 is 1.66 bits per heavy atom. The Labute approximate surface area is 188 Å². The number of aliphatic hydroxyl groups excluding tert-OH is 1. The van der Waals surface area contributed by atoms with Crippen molar-refractivity contribution < 1.29 is 19.4 Å². The van der Waals surface area contributed by atoms with Crippen molar-refractivity contribution >= 4 is 11.8 Å². The van der Waals surface area contributed by atoms with Gasteiger partial charge in [0.15, 0.2) is 0 Å². The van der Waals surface area contributed by atoms with Gasteiger partial charge in [0.05, 0.1) is 32.3 Å². The van der Waals surface area contributed by atoms with Crippen molar-refractivity contribution in [2.75, 3.05) is 26.8 Å². The van der Waals surface area contributed by atoms with Gasteiger partial charge in [0.2, 0.25) is 11.8 Å². The molecule has 1 N–H and O–H groups in total. The fourth-order valence-electron chi connectivity index (χ4n) is 5.78. The van der Waals surface area contributed by atoms with Gasteiger partial charge in [-0.05, 0) is 41.7 Å². The van der Waals surface area contributed by atoms with E-state index in [1.54, 1.807) is 16.9 Å². The molecule has 32 heavy (non-hydrogen) atoms. The van der Waals surface area contributed by atoms with Gasteiger partial charge in [0, 0.05) is 18.4 Å². The molecule has 1 aliphatic carbocycles. The highest BCUT2D eigenvalue weighted by molar-refractivity contribution is 5.88. The molecule has 2 amide bonds. The first-order chi connectivity index (χ1) is 15.6. The maximum Gasteiger partial charge on any atom is 0.242 e. The molecule has 168 valence electrons. The van der Waals surface area contributed by atoms with Crippen LogP contribution in [-0.4, -0.2) is 65.6 Å². The summed E-state index contributed by atoms with van der Waals surface area (Å²) in [6.45, 7) is 0.637. The lowest BCUT2D eigenvalue weighted by atomic mass is 9.73. The number of benzene rings is 2. The van der Waals surface area contributed by atoms with E-state index < -0.39 is 0 Å². The molecule has 0 radical (unpaired) electrons. The van der Waals surface area contributed by atoms with Crippen LogP contribution in [0.3, 0.4) is 0 Å².